The van der Waals surface area contributed by atoms with Crippen LogP contribution in [0, 0.1) is 0 Å². The van der Waals surface area contributed by atoms with E-state index in [2.05, 4.69) is 29.7 Å². The van der Waals surface area contributed by atoms with Crippen molar-refractivity contribution < 1.29 is 14.4 Å². The standard InChI is InChI=1S/C11H20N2O3Si/c1-10(11-5-3-2-4-6-11)13-8-7-12-9-17(14,15)16/h2-6,10,12-16H,7-9H2,1H3. The van der Waals surface area contributed by atoms with Gasteiger partial charge in [0, 0.05) is 19.1 Å². The van der Waals surface area contributed by atoms with E-state index in [1.54, 1.807) is 0 Å². The monoisotopic (exact) mass is 256 g/mol. The fourth-order valence-electron chi connectivity index (χ4n) is 1.49. The van der Waals surface area contributed by atoms with Gasteiger partial charge in [0.15, 0.2) is 0 Å². The molecule has 1 unspecified atom stereocenters. The molecule has 0 saturated heterocycles. The molecule has 5 nitrogen and oxygen atoms in total. The molecule has 0 aliphatic heterocycles. The van der Waals surface area contributed by atoms with Crippen molar-refractivity contribution in [2.45, 2.75) is 13.0 Å². The van der Waals surface area contributed by atoms with Crippen LogP contribution in [-0.4, -0.2) is 42.4 Å². The molecule has 0 aliphatic rings. The normalized spacial score (nSPS) is 13.6. The summed E-state index contributed by atoms with van der Waals surface area (Å²) < 4.78 is 0. The van der Waals surface area contributed by atoms with E-state index in [-0.39, 0.29) is 12.2 Å². The van der Waals surface area contributed by atoms with Crippen LogP contribution in [0.2, 0.25) is 0 Å². The summed E-state index contributed by atoms with van der Waals surface area (Å²) in [6.07, 6.45) is -0.131. The molecule has 0 saturated carbocycles. The highest BCUT2D eigenvalue weighted by Gasteiger charge is 2.25. The average Bonchev–Trinajstić information content (AvgIpc) is 2.28. The molecule has 0 aliphatic carbocycles. The SMILES string of the molecule is CC(NCCNC[Si](O)(O)O)c1ccccc1. The number of rotatable bonds is 7. The first-order valence-electron chi connectivity index (χ1n) is 5.65. The van der Waals surface area contributed by atoms with Crippen LogP contribution in [0.3, 0.4) is 0 Å². The molecule has 6 heteroatoms. The quantitative estimate of drug-likeness (QED) is 0.332. The second kappa shape index (κ2) is 6.85. The summed E-state index contributed by atoms with van der Waals surface area (Å²) in [5.74, 6) is 0. The van der Waals surface area contributed by atoms with Gasteiger partial charge in [-0.25, -0.2) is 0 Å². The molecule has 0 fully saturated rings. The van der Waals surface area contributed by atoms with Gasteiger partial charge >= 0.3 is 8.80 Å². The predicted octanol–water partition coefficient (Wildman–Crippen LogP) is -0.618. The zero-order chi connectivity index (χ0) is 12.7. The molecule has 1 rings (SSSR count). The predicted molar refractivity (Wildman–Crippen MR) is 68.1 cm³/mol. The topological polar surface area (TPSA) is 84.8 Å². The molecule has 0 heterocycles. The minimum absolute atomic E-state index is 0.131. The first kappa shape index (κ1) is 14.3. The minimum Gasteiger partial charge on any atom is -0.389 e. The van der Waals surface area contributed by atoms with Gasteiger partial charge in [0.05, 0.1) is 6.17 Å². The highest BCUT2D eigenvalue weighted by atomic mass is 28.4. The van der Waals surface area contributed by atoms with Crippen molar-refractivity contribution in [1.29, 1.82) is 0 Å². The number of hydrogen-bond acceptors (Lipinski definition) is 5. The second-order valence-electron chi connectivity index (χ2n) is 4.04. The maximum absolute atomic E-state index is 8.77. The Morgan fingerprint density at radius 2 is 1.76 bits per heavy atom. The van der Waals surface area contributed by atoms with E-state index in [0.717, 1.165) is 0 Å². The van der Waals surface area contributed by atoms with E-state index >= 15 is 0 Å². The lowest BCUT2D eigenvalue weighted by Gasteiger charge is -2.15. The third-order valence-corrected chi connectivity index (χ3v) is 3.14. The van der Waals surface area contributed by atoms with Gasteiger partial charge in [0.2, 0.25) is 0 Å². The highest BCUT2D eigenvalue weighted by molar-refractivity contribution is 6.56. The van der Waals surface area contributed by atoms with Gasteiger partial charge in [-0.3, -0.25) is 0 Å². The molecule has 0 aromatic heterocycles. The van der Waals surface area contributed by atoms with Crippen LogP contribution in [0.15, 0.2) is 30.3 Å². The van der Waals surface area contributed by atoms with Crippen molar-refractivity contribution in [1.82, 2.24) is 10.6 Å². The average molecular weight is 256 g/mol. The Bertz CT molecular complexity index is 316. The van der Waals surface area contributed by atoms with Crippen molar-refractivity contribution in [2.24, 2.45) is 0 Å². The van der Waals surface area contributed by atoms with Crippen LogP contribution in [-0.2, 0) is 0 Å². The van der Waals surface area contributed by atoms with E-state index < -0.39 is 8.80 Å². The summed E-state index contributed by atoms with van der Waals surface area (Å²) in [5.41, 5.74) is 1.21. The van der Waals surface area contributed by atoms with Gasteiger partial charge in [-0.1, -0.05) is 30.3 Å². The molecule has 5 N–H and O–H groups in total. The van der Waals surface area contributed by atoms with E-state index in [1.165, 1.54) is 5.56 Å². The van der Waals surface area contributed by atoms with E-state index in [9.17, 15) is 0 Å². The Labute approximate surface area is 102 Å². The second-order valence-corrected chi connectivity index (χ2v) is 5.94. The molecule has 1 aromatic carbocycles. The number of nitrogens with one attached hydrogen (secondary N) is 2. The number of hydrogen-bond donors (Lipinski definition) is 5. The van der Waals surface area contributed by atoms with Gasteiger partial charge in [-0.05, 0) is 12.5 Å². The first-order chi connectivity index (χ1) is 7.99. The molecule has 0 radical (unpaired) electrons. The van der Waals surface area contributed by atoms with Crippen LogP contribution in [0.1, 0.15) is 18.5 Å². The summed E-state index contributed by atoms with van der Waals surface area (Å²) in [4.78, 5) is 26.3. The van der Waals surface area contributed by atoms with Gasteiger partial charge in [0.1, 0.15) is 0 Å². The molecule has 17 heavy (non-hydrogen) atoms. The summed E-state index contributed by atoms with van der Waals surface area (Å²) >= 11 is 0. The van der Waals surface area contributed by atoms with Crippen molar-refractivity contribution in [3.05, 3.63) is 35.9 Å². The molecule has 0 spiro atoms. The molecule has 0 bridgehead atoms. The molecular weight excluding hydrogens is 236 g/mol. The summed E-state index contributed by atoms with van der Waals surface area (Å²) in [7, 11) is -3.94. The van der Waals surface area contributed by atoms with Crippen molar-refractivity contribution in [3.63, 3.8) is 0 Å². The van der Waals surface area contributed by atoms with Crippen LogP contribution in [0.5, 0.6) is 0 Å². The molecule has 96 valence electrons. The highest BCUT2D eigenvalue weighted by Crippen LogP contribution is 2.09. The van der Waals surface area contributed by atoms with Crippen molar-refractivity contribution in [3.8, 4) is 0 Å². The van der Waals surface area contributed by atoms with Gasteiger partial charge < -0.3 is 25.0 Å². The van der Waals surface area contributed by atoms with Crippen LogP contribution < -0.4 is 10.6 Å². The third-order valence-electron chi connectivity index (χ3n) is 2.41. The Morgan fingerprint density at radius 1 is 1.12 bits per heavy atom. The van der Waals surface area contributed by atoms with Crippen LogP contribution >= 0.6 is 0 Å². The van der Waals surface area contributed by atoms with E-state index in [0.29, 0.717) is 13.1 Å². The fourth-order valence-corrected chi connectivity index (χ4v) is 2.00. The lowest BCUT2D eigenvalue weighted by Crippen LogP contribution is -2.47. The molecule has 1 atom stereocenters. The Kier molecular flexibility index (Phi) is 5.76. The zero-order valence-corrected chi connectivity index (χ0v) is 10.9. The zero-order valence-electron chi connectivity index (χ0n) is 9.93. The summed E-state index contributed by atoms with van der Waals surface area (Å²) in [5, 5.41) is 6.07. The van der Waals surface area contributed by atoms with Crippen molar-refractivity contribution in [2.75, 3.05) is 19.3 Å². The molecule has 1 aromatic rings. The maximum atomic E-state index is 8.77. The summed E-state index contributed by atoms with van der Waals surface area (Å²) in [6, 6.07) is 10.3. The Morgan fingerprint density at radius 3 is 2.35 bits per heavy atom. The van der Waals surface area contributed by atoms with E-state index in [1.807, 2.05) is 18.2 Å². The molecule has 0 amide bonds. The maximum Gasteiger partial charge on any atom is 0.507 e. The van der Waals surface area contributed by atoms with Crippen LogP contribution in [0.25, 0.3) is 0 Å². The lowest BCUT2D eigenvalue weighted by molar-refractivity contribution is 0.224. The first-order valence-corrected chi connectivity index (χ1v) is 7.70. The third kappa shape index (κ3) is 6.52. The van der Waals surface area contributed by atoms with Gasteiger partial charge in [-0.2, -0.15) is 0 Å². The lowest BCUT2D eigenvalue weighted by atomic mass is 10.1. The minimum atomic E-state index is -3.94. The fraction of sp³-hybridized carbons (Fsp3) is 0.455. The van der Waals surface area contributed by atoms with Gasteiger partial charge in [0.25, 0.3) is 0 Å². The smallest absolute Gasteiger partial charge is 0.389 e. The van der Waals surface area contributed by atoms with Crippen LogP contribution in [0.4, 0.5) is 0 Å². The van der Waals surface area contributed by atoms with Gasteiger partial charge in [-0.15, -0.1) is 0 Å². The summed E-state index contributed by atoms with van der Waals surface area (Å²) in [6.45, 7) is 3.34. The Balaban J connectivity index is 2.15. The number of benzene rings is 1. The van der Waals surface area contributed by atoms with E-state index in [4.69, 9.17) is 14.4 Å². The Hall–Kier alpha value is -0.763. The largest absolute Gasteiger partial charge is 0.507 e. The molecular formula is C11H20N2O3Si. The van der Waals surface area contributed by atoms with Crippen molar-refractivity contribution >= 4 is 8.80 Å².